The predicted octanol–water partition coefficient (Wildman–Crippen LogP) is 3.45. The van der Waals surface area contributed by atoms with Gasteiger partial charge >= 0.3 is 5.69 Å². The van der Waals surface area contributed by atoms with E-state index in [9.17, 15) is 9.59 Å². The Labute approximate surface area is 188 Å². The molecule has 3 aromatic carbocycles. The molecule has 0 atom stereocenters. The number of ether oxygens (including phenoxy) is 1. The number of aromatic nitrogens is 4. The SMILES string of the molecule is NC(=O)c1nc(-c2ccc(OCc3ccccc3)cc2)nc2c1[nH]c(=O)n2-c1ccccc1. The van der Waals surface area contributed by atoms with E-state index in [0.29, 0.717) is 23.6 Å². The van der Waals surface area contributed by atoms with Crippen LogP contribution >= 0.6 is 0 Å². The van der Waals surface area contributed by atoms with Crippen molar-refractivity contribution in [3.05, 3.63) is 107 Å². The summed E-state index contributed by atoms with van der Waals surface area (Å²) in [5, 5.41) is 0. The van der Waals surface area contributed by atoms with E-state index < -0.39 is 11.6 Å². The molecule has 0 aliphatic heterocycles. The van der Waals surface area contributed by atoms with Crippen LogP contribution in [0.5, 0.6) is 5.75 Å². The summed E-state index contributed by atoms with van der Waals surface area (Å²) in [7, 11) is 0. The Morgan fingerprint density at radius 1 is 0.909 bits per heavy atom. The summed E-state index contributed by atoms with van der Waals surface area (Å²) in [6.07, 6.45) is 0. The number of para-hydroxylation sites is 1. The second kappa shape index (κ2) is 8.43. The second-order valence-electron chi connectivity index (χ2n) is 7.36. The van der Waals surface area contributed by atoms with Gasteiger partial charge < -0.3 is 15.5 Å². The molecule has 0 saturated heterocycles. The summed E-state index contributed by atoms with van der Waals surface area (Å²) in [6.45, 7) is 0.446. The third-order valence-corrected chi connectivity index (χ3v) is 5.15. The summed E-state index contributed by atoms with van der Waals surface area (Å²) >= 11 is 0. The molecule has 2 heterocycles. The van der Waals surface area contributed by atoms with Gasteiger partial charge in [0.2, 0.25) is 0 Å². The Morgan fingerprint density at radius 3 is 2.24 bits per heavy atom. The molecule has 5 aromatic rings. The summed E-state index contributed by atoms with van der Waals surface area (Å²) in [4.78, 5) is 36.3. The van der Waals surface area contributed by atoms with Crippen LogP contribution < -0.4 is 16.2 Å². The van der Waals surface area contributed by atoms with Gasteiger partial charge in [-0.3, -0.25) is 4.79 Å². The Hall–Kier alpha value is -4.72. The van der Waals surface area contributed by atoms with Gasteiger partial charge in [0, 0.05) is 5.56 Å². The van der Waals surface area contributed by atoms with Gasteiger partial charge in [-0.15, -0.1) is 0 Å². The highest BCUT2D eigenvalue weighted by molar-refractivity contribution is 6.02. The maximum absolute atomic E-state index is 12.7. The van der Waals surface area contributed by atoms with Crippen molar-refractivity contribution in [3.8, 4) is 22.8 Å². The molecule has 8 nitrogen and oxygen atoms in total. The van der Waals surface area contributed by atoms with Crippen LogP contribution in [0, 0.1) is 0 Å². The summed E-state index contributed by atoms with van der Waals surface area (Å²) < 4.78 is 7.22. The Balaban J connectivity index is 1.54. The molecular weight excluding hydrogens is 418 g/mol. The van der Waals surface area contributed by atoms with Crippen LogP contribution in [-0.4, -0.2) is 25.4 Å². The fraction of sp³-hybridized carbons (Fsp3) is 0.0400. The van der Waals surface area contributed by atoms with Crippen molar-refractivity contribution in [2.75, 3.05) is 0 Å². The third-order valence-electron chi connectivity index (χ3n) is 5.15. The van der Waals surface area contributed by atoms with E-state index in [1.165, 1.54) is 4.57 Å². The van der Waals surface area contributed by atoms with Crippen molar-refractivity contribution in [1.82, 2.24) is 19.5 Å². The molecule has 8 heteroatoms. The maximum atomic E-state index is 12.7. The second-order valence-corrected chi connectivity index (χ2v) is 7.36. The molecule has 0 saturated carbocycles. The van der Waals surface area contributed by atoms with Crippen LogP contribution in [0.1, 0.15) is 16.1 Å². The summed E-state index contributed by atoms with van der Waals surface area (Å²) in [6, 6.07) is 26.1. The summed E-state index contributed by atoms with van der Waals surface area (Å²) in [5.74, 6) is 0.198. The largest absolute Gasteiger partial charge is 0.489 e. The molecule has 33 heavy (non-hydrogen) atoms. The number of fused-ring (bicyclic) bond motifs is 1. The molecule has 2 aromatic heterocycles. The molecule has 0 bridgehead atoms. The number of nitrogens with one attached hydrogen (secondary N) is 1. The van der Waals surface area contributed by atoms with E-state index in [-0.39, 0.29) is 22.7 Å². The van der Waals surface area contributed by atoms with E-state index in [1.54, 1.807) is 36.4 Å². The molecule has 0 spiro atoms. The first-order valence-electron chi connectivity index (χ1n) is 10.3. The lowest BCUT2D eigenvalue weighted by Crippen LogP contribution is -2.15. The highest BCUT2D eigenvalue weighted by atomic mass is 16.5. The van der Waals surface area contributed by atoms with Gasteiger partial charge in [-0.05, 0) is 42.0 Å². The van der Waals surface area contributed by atoms with Crippen molar-refractivity contribution >= 4 is 17.1 Å². The van der Waals surface area contributed by atoms with Crippen molar-refractivity contribution in [2.24, 2.45) is 5.73 Å². The minimum Gasteiger partial charge on any atom is -0.489 e. The Kier molecular flexibility index (Phi) is 5.16. The van der Waals surface area contributed by atoms with Crippen molar-refractivity contribution in [1.29, 1.82) is 0 Å². The van der Waals surface area contributed by atoms with Crippen molar-refractivity contribution in [3.63, 3.8) is 0 Å². The normalized spacial score (nSPS) is 10.9. The fourth-order valence-corrected chi connectivity index (χ4v) is 3.55. The molecule has 0 unspecified atom stereocenters. The monoisotopic (exact) mass is 437 g/mol. The van der Waals surface area contributed by atoms with E-state index in [1.807, 2.05) is 48.5 Å². The van der Waals surface area contributed by atoms with Gasteiger partial charge in [-0.2, -0.15) is 0 Å². The zero-order valence-electron chi connectivity index (χ0n) is 17.4. The minimum atomic E-state index is -0.757. The van der Waals surface area contributed by atoms with Crippen LogP contribution in [0.3, 0.4) is 0 Å². The van der Waals surface area contributed by atoms with Gasteiger partial charge in [0.15, 0.2) is 17.2 Å². The first kappa shape index (κ1) is 20.2. The molecule has 5 rings (SSSR count). The smallest absolute Gasteiger partial charge is 0.332 e. The number of carbonyl (C=O) groups excluding carboxylic acids is 1. The molecule has 162 valence electrons. The van der Waals surface area contributed by atoms with E-state index >= 15 is 0 Å². The molecule has 3 N–H and O–H groups in total. The lowest BCUT2D eigenvalue weighted by molar-refractivity contribution is 0.0997. The quantitative estimate of drug-likeness (QED) is 0.422. The number of hydrogen-bond acceptors (Lipinski definition) is 5. The number of primary amides is 1. The number of rotatable bonds is 6. The maximum Gasteiger partial charge on any atom is 0.332 e. The number of carbonyl (C=O) groups is 1. The number of aromatic amines is 1. The number of amides is 1. The van der Waals surface area contributed by atoms with Crippen molar-refractivity contribution in [2.45, 2.75) is 6.61 Å². The van der Waals surface area contributed by atoms with E-state index in [4.69, 9.17) is 10.5 Å². The van der Waals surface area contributed by atoms with E-state index in [2.05, 4.69) is 15.0 Å². The van der Waals surface area contributed by atoms with Crippen LogP contribution in [-0.2, 0) is 6.61 Å². The molecular formula is C25H19N5O3. The minimum absolute atomic E-state index is 0.0498. The molecule has 0 radical (unpaired) electrons. The Morgan fingerprint density at radius 2 is 1.58 bits per heavy atom. The molecule has 0 fully saturated rings. The fourth-order valence-electron chi connectivity index (χ4n) is 3.55. The van der Waals surface area contributed by atoms with Gasteiger partial charge in [-0.25, -0.2) is 19.3 Å². The highest BCUT2D eigenvalue weighted by Gasteiger charge is 2.20. The van der Waals surface area contributed by atoms with Gasteiger partial charge in [0.05, 0.1) is 5.69 Å². The number of imidazole rings is 1. The average molecular weight is 437 g/mol. The lowest BCUT2D eigenvalue weighted by Gasteiger charge is -2.08. The number of benzene rings is 3. The lowest BCUT2D eigenvalue weighted by atomic mass is 10.2. The van der Waals surface area contributed by atoms with Crippen LogP contribution in [0.4, 0.5) is 0 Å². The van der Waals surface area contributed by atoms with Crippen LogP contribution in [0.25, 0.3) is 28.2 Å². The standard InChI is InChI=1S/C25H19N5O3/c26-22(31)20-21-24(30(25(32)28-21)18-9-5-2-6-10-18)29-23(27-20)17-11-13-19(14-12-17)33-15-16-7-3-1-4-8-16/h1-14H,15H2,(H2,26,31)(H,28,32). The Bertz CT molecular complexity index is 1490. The summed E-state index contributed by atoms with van der Waals surface area (Å²) in [5.41, 5.74) is 7.87. The molecule has 0 aliphatic carbocycles. The number of nitrogens with zero attached hydrogens (tertiary/aromatic N) is 3. The van der Waals surface area contributed by atoms with Crippen LogP contribution in [0.15, 0.2) is 89.7 Å². The predicted molar refractivity (Wildman–Crippen MR) is 124 cm³/mol. The first-order valence-corrected chi connectivity index (χ1v) is 10.3. The zero-order valence-corrected chi connectivity index (χ0v) is 17.4. The third kappa shape index (κ3) is 3.97. The highest BCUT2D eigenvalue weighted by Crippen LogP contribution is 2.24. The molecule has 0 aliphatic rings. The van der Waals surface area contributed by atoms with E-state index in [0.717, 1.165) is 5.56 Å². The number of hydrogen-bond donors (Lipinski definition) is 2. The van der Waals surface area contributed by atoms with Gasteiger partial charge in [0.1, 0.15) is 17.9 Å². The van der Waals surface area contributed by atoms with Crippen molar-refractivity contribution < 1.29 is 9.53 Å². The van der Waals surface area contributed by atoms with Crippen LogP contribution in [0.2, 0.25) is 0 Å². The van der Waals surface area contributed by atoms with Gasteiger partial charge in [-0.1, -0.05) is 48.5 Å². The average Bonchev–Trinajstić information content (AvgIpc) is 3.19. The zero-order chi connectivity index (χ0) is 22.8. The molecule has 1 amide bonds. The van der Waals surface area contributed by atoms with Gasteiger partial charge in [0.25, 0.3) is 5.91 Å². The topological polar surface area (TPSA) is 116 Å². The first-order chi connectivity index (χ1) is 16.1. The number of nitrogens with two attached hydrogens (primary N) is 1. The number of H-pyrrole nitrogens is 1.